The fourth-order valence-electron chi connectivity index (χ4n) is 2.93. The van der Waals surface area contributed by atoms with Gasteiger partial charge in [0.25, 0.3) is 0 Å². The van der Waals surface area contributed by atoms with Gasteiger partial charge in [-0.25, -0.2) is 0 Å². The van der Waals surface area contributed by atoms with E-state index in [4.69, 9.17) is 0 Å². The summed E-state index contributed by atoms with van der Waals surface area (Å²) < 4.78 is 0. The Balaban J connectivity index is 2.03. The number of rotatable bonds is 4. The maximum atomic E-state index is 9.76. The van der Waals surface area contributed by atoms with Crippen molar-refractivity contribution < 1.29 is 5.11 Å². The van der Waals surface area contributed by atoms with E-state index in [1.807, 2.05) is 0 Å². The average molecular weight is 262 g/mol. The fraction of sp³-hybridized carbons (Fsp3) is 0.625. The topological polar surface area (TPSA) is 26.7 Å². The van der Waals surface area contributed by atoms with E-state index >= 15 is 0 Å². The number of piperidine rings is 1. The first-order valence-corrected chi connectivity index (χ1v) is 7.12. The molecule has 19 heavy (non-hydrogen) atoms. The van der Waals surface area contributed by atoms with Crippen molar-refractivity contribution in [1.29, 1.82) is 0 Å². The fourth-order valence-corrected chi connectivity index (χ4v) is 2.93. The van der Waals surface area contributed by atoms with E-state index in [0.717, 1.165) is 32.5 Å². The van der Waals surface area contributed by atoms with Crippen LogP contribution in [0, 0.1) is 6.92 Å². The molecule has 0 spiro atoms. The first kappa shape index (κ1) is 14.5. The average Bonchev–Trinajstić information content (AvgIpc) is 2.41. The molecule has 1 aromatic carbocycles. The van der Waals surface area contributed by atoms with Crippen molar-refractivity contribution in [3.8, 4) is 0 Å². The third kappa shape index (κ3) is 3.35. The number of aliphatic hydroxyl groups excluding tert-OH is 1. The number of benzene rings is 1. The van der Waals surface area contributed by atoms with Gasteiger partial charge in [0.05, 0.1) is 12.1 Å². The van der Waals surface area contributed by atoms with Gasteiger partial charge in [-0.1, -0.05) is 29.8 Å². The lowest BCUT2D eigenvalue weighted by Crippen LogP contribution is -2.58. The van der Waals surface area contributed by atoms with Crippen molar-refractivity contribution in [1.82, 2.24) is 9.80 Å². The number of likely N-dealkylation sites (tertiary alicyclic amines) is 1. The summed E-state index contributed by atoms with van der Waals surface area (Å²) in [5.41, 5.74) is 2.60. The highest BCUT2D eigenvalue weighted by molar-refractivity contribution is 5.21. The van der Waals surface area contributed by atoms with Crippen molar-refractivity contribution in [2.45, 2.75) is 31.8 Å². The molecule has 0 bridgehead atoms. The molecule has 106 valence electrons. The molecule has 1 saturated heterocycles. The minimum Gasteiger partial charge on any atom is -0.394 e. The molecule has 3 nitrogen and oxygen atoms in total. The van der Waals surface area contributed by atoms with E-state index < -0.39 is 0 Å². The lowest BCUT2D eigenvalue weighted by molar-refractivity contribution is -0.00277. The zero-order chi connectivity index (χ0) is 13.9. The third-order valence-corrected chi connectivity index (χ3v) is 4.40. The number of aryl methyl sites for hydroxylation is 1. The highest BCUT2D eigenvalue weighted by Crippen LogP contribution is 2.26. The van der Waals surface area contributed by atoms with Gasteiger partial charge in [-0.2, -0.15) is 0 Å². The molecule has 1 aliphatic heterocycles. The Morgan fingerprint density at radius 2 is 1.95 bits per heavy atom. The summed E-state index contributed by atoms with van der Waals surface area (Å²) in [5, 5.41) is 9.76. The first-order chi connectivity index (χ1) is 9.05. The van der Waals surface area contributed by atoms with Crippen LogP contribution in [0.5, 0.6) is 0 Å². The maximum absolute atomic E-state index is 9.76. The Hall–Kier alpha value is -0.900. The van der Waals surface area contributed by atoms with Gasteiger partial charge in [0.1, 0.15) is 0 Å². The van der Waals surface area contributed by atoms with Gasteiger partial charge in [-0.3, -0.25) is 4.90 Å². The van der Waals surface area contributed by atoms with Crippen LogP contribution in [0.15, 0.2) is 24.3 Å². The van der Waals surface area contributed by atoms with E-state index in [0.29, 0.717) is 0 Å². The quantitative estimate of drug-likeness (QED) is 0.897. The van der Waals surface area contributed by atoms with E-state index in [-0.39, 0.29) is 12.1 Å². The van der Waals surface area contributed by atoms with Crippen molar-refractivity contribution in [3.63, 3.8) is 0 Å². The molecule has 3 heteroatoms. The standard InChI is InChI=1S/C16H26N2O/c1-14-5-7-15(8-6-14)11-18-10-4-9-16(12-18,13-19)17(2)3/h5-8,19H,4,9-13H2,1-3H3. The Kier molecular flexibility index (Phi) is 4.61. The first-order valence-electron chi connectivity index (χ1n) is 7.12. The second-order valence-corrected chi connectivity index (χ2v) is 6.08. The van der Waals surface area contributed by atoms with Crippen LogP contribution in [0.1, 0.15) is 24.0 Å². The predicted octanol–water partition coefficient (Wildman–Crippen LogP) is 1.88. The number of hydrogen-bond donors (Lipinski definition) is 1. The normalized spacial score (nSPS) is 24.9. The van der Waals surface area contributed by atoms with Crippen LogP contribution in [0.3, 0.4) is 0 Å². The molecule has 1 aliphatic rings. The number of likely N-dealkylation sites (N-methyl/N-ethyl adjacent to an activating group) is 1. The molecule has 0 aromatic heterocycles. The number of nitrogens with zero attached hydrogens (tertiary/aromatic N) is 2. The van der Waals surface area contributed by atoms with Crippen LogP contribution >= 0.6 is 0 Å². The van der Waals surface area contributed by atoms with Crippen molar-refractivity contribution in [2.24, 2.45) is 0 Å². The molecule has 1 aromatic rings. The Bertz CT molecular complexity index is 402. The number of hydrogen-bond acceptors (Lipinski definition) is 3. The zero-order valence-corrected chi connectivity index (χ0v) is 12.4. The van der Waals surface area contributed by atoms with Gasteiger partial charge >= 0.3 is 0 Å². The molecular formula is C16H26N2O. The van der Waals surface area contributed by atoms with E-state index in [2.05, 4.69) is 55.1 Å². The van der Waals surface area contributed by atoms with Crippen LogP contribution in [-0.4, -0.2) is 54.2 Å². The molecule has 1 heterocycles. The Morgan fingerprint density at radius 3 is 2.53 bits per heavy atom. The summed E-state index contributed by atoms with van der Waals surface area (Å²) in [4.78, 5) is 4.65. The Morgan fingerprint density at radius 1 is 1.26 bits per heavy atom. The van der Waals surface area contributed by atoms with Gasteiger partial charge in [-0.05, 0) is 46.0 Å². The molecule has 1 fully saturated rings. The lowest BCUT2D eigenvalue weighted by atomic mass is 9.88. The van der Waals surface area contributed by atoms with E-state index in [9.17, 15) is 5.11 Å². The van der Waals surface area contributed by atoms with E-state index in [1.54, 1.807) is 0 Å². The summed E-state index contributed by atoms with van der Waals surface area (Å²) in [7, 11) is 4.15. The van der Waals surface area contributed by atoms with Crippen LogP contribution in [0.2, 0.25) is 0 Å². The van der Waals surface area contributed by atoms with Crippen LogP contribution < -0.4 is 0 Å². The van der Waals surface area contributed by atoms with Crippen molar-refractivity contribution in [2.75, 3.05) is 33.8 Å². The largest absolute Gasteiger partial charge is 0.394 e. The summed E-state index contributed by atoms with van der Waals surface area (Å²) >= 11 is 0. The molecule has 0 radical (unpaired) electrons. The maximum Gasteiger partial charge on any atom is 0.0627 e. The second kappa shape index (κ2) is 6.04. The third-order valence-electron chi connectivity index (χ3n) is 4.40. The molecule has 1 N–H and O–H groups in total. The minimum atomic E-state index is -0.0665. The summed E-state index contributed by atoms with van der Waals surface area (Å²) in [5.74, 6) is 0. The van der Waals surface area contributed by atoms with Crippen molar-refractivity contribution >= 4 is 0 Å². The van der Waals surface area contributed by atoms with Gasteiger partial charge in [0, 0.05) is 13.1 Å². The second-order valence-electron chi connectivity index (χ2n) is 6.08. The van der Waals surface area contributed by atoms with Crippen LogP contribution in [0.4, 0.5) is 0 Å². The summed E-state index contributed by atoms with van der Waals surface area (Å²) in [6.45, 7) is 5.42. The molecule has 2 rings (SSSR count). The molecule has 0 amide bonds. The van der Waals surface area contributed by atoms with Crippen molar-refractivity contribution in [3.05, 3.63) is 35.4 Å². The highest BCUT2D eigenvalue weighted by atomic mass is 16.3. The lowest BCUT2D eigenvalue weighted by Gasteiger charge is -2.46. The predicted molar refractivity (Wildman–Crippen MR) is 79.2 cm³/mol. The summed E-state index contributed by atoms with van der Waals surface area (Å²) in [6, 6.07) is 8.76. The summed E-state index contributed by atoms with van der Waals surface area (Å²) in [6.07, 6.45) is 2.24. The smallest absolute Gasteiger partial charge is 0.0627 e. The van der Waals surface area contributed by atoms with Gasteiger partial charge in [0.15, 0.2) is 0 Å². The molecule has 1 atom stereocenters. The number of aliphatic hydroxyl groups is 1. The Labute approximate surface area is 116 Å². The molecule has 0 saturated carbocycles. The molecular weight excluding hydrogens is 236 g/mol. The van der Waals surface area contributed by atoms with Gasteiger partial charge in [-0.15, -0.1) is 0 Å². The van der Waals surface area contributed by atoms with Crippen LogP contribution in [0.25, 0.3) is 0 Å². The molecule has 0 aliphatic carbocycles. The molecule has 1 unspecified atom stereocenters. The SMILES string of the molecule is Cc1ccc(CN2CCCC(CO)(N(C)C)C2)cc1. The zero-order valence-electron chi connectivity index (χ0n) is 12.4. The van der Waals surface area contributed by atoms with Gasteiger partial charge in [0.2, 0.25) is 0 Å². The van der Waals surface area contributed by atoms with E-state index in [1.165, 1.54) is 11.1 Å². The highest BCUT2D eigenvalue weighted by Gasteiger charge is 2.36. The monoisotopic (exact) mass is 262 g/mol. The van der Waals surface area contributed by atoms with Gasteiger partial charge < -0.3 is 10.0 Å². The minimum absolute atomic E-state index is 0.0665. The van der Waals surface area contributed by atoms with Crippen LogP contribution in [-0.2, 0) is 6.54 Å².